The summed E-state index contributed by atoms with van der Waals surface area (Å²) in [5, 5.41) is 42.6. The first-order chi connectivity index (χ1) is 19.6. The molecular formula is C29H30BBrN2O8. The highest BCUT2D eigenvalue weighted by Crippen LogP contribution is 2.51. The summed E-state index contributed by atoms with van der Waals surface area (Å²) >= 11 is 3.43. The van der Waals surface area contributed by atoms with Gasteiger partial charge >= 0.3 is 7.12 Å². The second-order valence-corrected chi connectivity index (χ2v) is 11.6. The molecule has 0 aromatic heterocycles. The Morgan fingerprint density at radius 2 is 2.00 bits per heavy atom. The summed E-state index contributed by atoms with van der Waals surface area (Å²) in [6, 6.07) is 10.6. The molecule has 3 N–H and O–H groups in total. The molecule has 0 unspecified atom stereocenters. The summed E-state index contributed by atoms with van der Waals surface area (Å²) in [4.78, 5) is 39.0. The van der Waals surface area contributed by atoms with E-state index >= 15 is 0 Å². The van der Waals surface area contributed by atoms with Crippen LogP contribution in [0.25, 0.3) is 6.08 Å². The first kappa shape index (κ1) is 29.2. The Labute approximate surface area is 245 Å². The second-order valence-electron chi connectivity index (χ2n) is 10.7. The molecule has 2 saturated heterocycles. The van der Waals surface area contributed by atoms with E-state index in [4.69, 9.17) is 4.65 Å². The minimum absolute atomic E-state index is 0.0979. The number of nitrogens with zero attached hydrogens (tertiary/aromatic N) is 2. The number of halogens is 1. The molecule has 2 aliphatic heterocycles. The van der Waals surface area contributed by atoms with Gasteiger partial charge < -0.3 is 19.9 Å². The summed E-state index contributed by atoms with van der Waals surface area (Å²) in [6.45, 7) is 1.70. The molecule has 214 valence electrons. The number of anilines is 1. The molecular weight excluding hydrogens is 595 g/mol. The first-order valence-electron chi connectivity index (χ1n) is 13.6. The van der Waals surface area contributed by atoms with Crippen LogP contribution in [0.1, 0.15) is 38.2 Å². The van der Waals surface area contributed by atoms with E-state index in [1.165, 1.54) is 24.3 Å². The maximum atomic E-state index is 13.8. The number of carbonyl (C=O) groups excluding carboxylic acids is 2. The minimum Gasteiger partial charge on any atom is -0.507 e. The molecule has 2 heterocycles. The van der Waals surface area contributed by atoms with Crippen molar-refractivity contribution in [3.8, 4) is 5.75 Å². The van der Waals surface area contributed by atoms with Crippen molar-refractivity contribution >= 4 is 52.3 Å². The predicted molar refractivity (Wildman–Crippen MR) is 156 cm³/mol. The van der Waals surface area contributed by atoms with Crippen molar-refractivity contribution in [1.29, 1.82) is 0 Å². The van der Waals surface area contributed by atoms with Crippen LogP contribution in [0.15, 0.2) is 63.7 Å². The Hall–Kier alpha value is -3.32. The predicted octanol–water partition coefficient (Wildman–Crippen LogP) is 4.63. The third-order valence-electron chi connectivity index (χ3n) is 8.33. The molecule has 5 rings (SSSR count). The number of aliphatic hydroxyl groups excluding tert-OH is 1. The van der Waals surface area contributed by atoms with E-state index in [1.54, 1.807) is 12.1 Å². The Morgan fingerprint density at radius 3 is 2.71 bits per heavy atom. The Bertz CT molecular complexity index is 1460. The number of imide groups is 1. The number of phenols is 1. The summed E-state index contributed by atoms with van der Waals surface area (Å²) in [7, 11) is -1.16. The highest BCUT2D eigenvalue weighted by molar-refractivity contribution is 9.10. The number of hydrogen-bond acceptors (Lipinski definition) is 8. The van der Waals surface area contributed by atoms with Gasteiger partial charge in [0, 0.05) is 22.2 Å². The van der Waals surface area contributed by atoms with Gasteiger partial charge in [-0.2, -0.15) is 0 Å². The number of fused-ring (bicyclic) bond motifs is 3. The highest BCUT2D eigenvalue weighted by Gasteiger charge is 2.57. The maximum Gasteiger partial charge on any atom is 0.455 e. The summed E-state index contributed by atoms with van der Waals surface area (Å²) in [6.07, 6.45) is 3.37. The zero-order chi connectivity index (χ0) is 29.4. The molecule has 0 radical (unpaired) electrons. The number of aromatic hydroxyl groups is 1. The van der Waals surface area contributed by atoms with Crippen molar-refractivity contribution in [2.75, 3.05) is 11.5 Å². The number of hydrogen-bond donors (Lipinski definition) is 3. The monoisotopic (exact) mass is 624 g/mol. The average Bonchev–Trinajstić information content (AvgIpc) is 3.21. The summed E-state index contributed by atoms with van der Waals surface area (Å²) in [5.74, 6) is -2.81. The molecule has 2 fully saturated rings. The van der Waals surface area contributed by atoms with E-state index in [0.717, 1.165) is 20.5 Å². The number of rotatable bonds is 8. The van der Waals surface area contributed by atoms with Gasteiger partial charge in [-0.1, -0.05) is 40.6 Å². The number of allylic oxidation sites excluding steroid dienone is 1. The zero-order valence-electron chi connectivity index (χ0n) is 22.4. The fraction of sp³-hybridized carbons (Fsp3) is 0.379. The number of benzene rings is 2. The molecule has 2 aromatic carbocycles. The Kier molecular flexibility index (Phi) is 8.46. The van der Waals surface area contributed by atoms with E-state index in [2.05, 4.69) is 15.9 Å². The molecule has 12 heteroatoms. The van der Waals surface area contributed by atoms with Gasteiger partial charge in [0.2, 0.25) is 11.8 Å². The van der Waals surface area contributed by atoms with Crippen LogP contribution in [0.5, 0.6) is 5.75 Å². The van der Waals surface area contributed by atoms with E-state index in [0.29, 0.717) is 30.4 Å². The number of nitro groups is 1. The van der Waals surface area contributed by atoms with E-state index in [1.807, 2.05) is 19.1 Å². The van der Waals surface area contributed by atoms with Crippen LogP contribution in [-0.2, 0) is 14.2 Å². The minimum atomic E-state index is -1.16. The van der Waals surface area contributed by atoms with Crippen LogP contribution in [0.3, 0.4) is 0 Å². The lowest BCUT2D eigenvalue weighted by Crippen LogP contribution is -2.46. The molecule has 2 amide bonds. The quantitative estimate of drug-likeness (QED) is 0.126. The van der Waals surface area contributed by atoms with Gasteiger partial charge in [-0.15, -0.1) is 0 Å². The molecule has 1 aliphatic carbocycles. The Morgan fingerprint density at radius 1 is 1.22 bits per heavy atom. The van der Waals surface area contributed by atoms with Crippen LogP contribution in [0.2, 0.25) is 6.32 Å². The number of carbonyl (C=O) groups is 2. The van der Waals surface area contributed by atoms with Crippen LogP contribution >= 0.6 is 15.9 Å². The van der Waals surface area contributed by atoms with E-state index in [-0.39, 0.29) is 36.5 Å². The fourth-order valence-corrected chi connectivity index (χ4v) is 6.82. The number of aliphatic hydroxyl groups is 1. The van der Waals surface area contributed by atoms with Crippen LogP contribution in [-0.4, -0.2) is 51.8 Å². The van der Waals surface area contributed by atoms with Gasteiger partial charge in [0.15, 0.2) is 0 Å². The van der Waals surface area contributed by atoms with Gasteiger partial charge in [0.1, 0.15) is 5.75 Å². The summed E-state index contributed by atoms with van der Waals surface area (Å²) in [5.41, 5.74) is 3.00. The fourth-order valence-electron chi connectivity index (χ4n) is 6.44. The molecule has 3 aliphatic rings. The highest BCUT2D eigenvalue weighted by atomic mass is 79.9. The van der Waals surface area contributed by atoms with Crippen molar-refractivity contribution < 1.29 is 34.4 Å². The van der Waals surface area contributed by atoms with E-state index < -0.39 is 47.7 Å². The molecule has 0 saturated carbocycles. The lowest BCUT2D eigenvalue weighted by atomic mass is 9.58. The van der Waals surface area contributed by atoms with E-state index in [9.17, 15) is 34.9 Å². The van der Waals surface area contributed by atoms with Crippen LogP contribution in [0, 0.1) is 27.9 Å². The topological polar surface area (TPSA) is 150 Å². The number of amides is 2. The van der Waals surface area contributed by atoms with Crippen molar-refractivity contribution in [3.05, 3.63) is 79.3 Å². The third kappa shape index (κ3) is 5.61. The molecule has 0 spiro atoms. The number of non-ortho nitro benzene ring substituents is 1. The molecule has 0 bridgehead atoms. The van der Waals surface area contributed by atoms with Gasteiger partial charge in [0.05, 0.1) is 35.2 Å². The Balaban J connectivity index is 1.43. The number of nitro benzene ring substituents is 1. The summed E-state index contributed by atoms with van der Waals surface area (Å²) < 4.78 is 6.79. The normalized spacial score (nSPS) is 24.5. The maximum absolute atomic E-state index is 13.8. The van der Waals surface area contributed by atoms with Gasteiger partial charge in [0.25, 0.3) is 5.69 Å². The smallest absolute Gasteiger partial charge is 0.455 e. The second kappa shape index (κ2) is 11.9. The molecule has 41 heavy (non-hydrogen) atoms. The zero-order valence-corrected chi connectivity index (χ0v) is 24.0. The first-order valence-corrected chi connectivity index (χ1v) is 14.4. The largest absolute Gasteiger partial charge is 0.507 e. The van der Waals surface area contributed by atoms with Gasteiger partial charge in [-0.3, -0.25) is 19.7 Å². The van der Waals surface area contributed by atoms with Gasteiger partial charge in [-0.05, 0) is 73.3 Å². The van der Waals surface area contributed by atoms with Crippen molar-refractivity contribution in [1.82, 2.24) is 0 Å². The molecule has 2 aromatic rings. The van der Waals surface area contributed by atoms with Crippen LogP contribution < -0.4 is 4.90 Å². The lowest BCUT2D eigenvalue weighted by molar-refractivity contribution is -0.384. The van der Waals surface area contributed by atoms with Crippen molar-refractivity contribution in [2.24, 2.45) is 17.8 Å². The lowest BCUT2D eigenvalue weighted by Gasteiger charge is -2.43. The van der Waals surface area contributed by atoms with Crippen molar-refractivity contribution in [3.63, 3.8) is 0 Å². The number of phenolic OH excluding ortho intramolecular Hbond substituents is 1. The van der Waals surface area contributed by atoms with Crippen molar-refractivity contribution in [2.45, 2.75) is 45.0 Å². The average molecular weight is 625 g/mol. The molecule has 4 atom stereocenters. The SMILES string of the molecule is CC/C(=C\c1cc(Br)ccc1O)CC[C@H]1OB(O)C[C@H]2C1=C(CO)C[C@H]1C(=O)N(c3cccc([N+](=O)[O-])c3)C(=O)[C@H]12. The van der Waals surface area contributed by atoms with Gasteiger partial charge in [-0.25, -0.2) is 4.90 Å². The molecule has 10 nitrogen and oxygen atoms in total. The van der Waals surface area contributed by atoms with Crippen LogP contribution in [0.4, 0.5) is 11.4 Å². The third-order valence-corrected chi connectivity index (χ3v) is 8.82. The standard InChI is InChI=1S/C29H30BBrN2O8/c1-2-16(10-17-11-19(31)7-8-24(17)35)6-9-25-26-18(15-34)12-22-27(23(26)14-30(38)41-25)29(37)32(28(22)36)20-4-3-5-21(13-20)33(39)40/h3-5,7-8,10-11,13,22-23,25,27,34-35,38H,2,6,9,12,14-15H2,1H3/b16-10+/t22-,23+,25-,27-/m1/s1.